The Hall–Kier alpha value is -1.86. The van der Waals surface area contributed by atoms with Crippen molar-refractivity contribution < 1.29 is 19.5 Å². The molecule has 1 aromatic rings. The van der Waals surface area contributed by atoms with Crippen LogP contribution in [-0.2, 0) is 0 Å². The van der Waals surface area contributed by atoms with Gasteiger partial charge in [0.1, 0.15) is 18.5 Å². The van der Waals surface area contributed by atoms with Gasteiger partial charge in [0.2, 0.25) is 0 Å². The molecule has 0 aliphatic carbocycles. The van der Waals surface area contributed by atoms with Crippen molar-refractivity contribution in [1.29, 1.82) is 0 Å². The van der Waals surface area contributed by atoms with Crippen molar-refractivity contribution >= 4 is 5.69 Å². The summed E-state index contributed by atoms with van der Waals surface area (Å²) in [4.78, 5) is 10.2. The summed E-state index contributed by atoms with van der Waals surface area (Å²) >= 11 is 0. The Balaban J connectivity index is 2.81. The second kappa shape index (κ2) is 6.02. The number of rotatable bonds is 6. The normalized spacial score (nSPS) is 11.9. The highest BCUT2D eigenvalue weighted by Crippen LogP contribution is 2.30. The van der Waals surface area contributed by atoms with Crippen LogP contribution in [0.4, 0.5) is 5.69 Å². The molecule has 0 radical (unpaired) electrons. The molecule has 17 heavy (non-hydrogen) atoms. The van der Waals surface area contributed by atoms with E-state index in [0.29, 0.717) is 0 Å². The molecule has 1 aromatic carbocycles. The highest BCUT2D eigenvalue weighted by molar-refractivity contribution is 5.50. The van der Waals surface area contributed by atoms with Crippen molar-refractivity contribution in [3.05, 3.63) is 28.3 Å². The van der Waals surface area contributed by atoms with Crippen LogP contribution in [0.15, 0.2) is 18.2 Å². The van der Waals surface area contributed by atoms with Gasteiger partial charge in [0.25, 0.3) is 0 Å². The van der Waals surface area contributed by atoms with E-state index < -0.39 is 11.0 Å². The van der Waals surface area contributed by atoms with E-state index in [1.807, 2.05) is 0 Å². The van der Waals surface area contributed by atoms with Crippen molar-refractivity contribution in [3.8, 4) is 11.5 Å². The van der Waals surface area contributed by atoms with Gasteiger partial charge < -0.3 is 20.3 Å². The third-order valence-corrected chi connectivity index (χ3v) is 2.06. The lowest BCUT2D eigenvalue weighted by molar-refractivity contribution is -0.385. The lowest BCUT2D eigenvalue weighted by Gasteiger charge is -2.10. The Morgan fingerprint density at radius 1 is 1.59 bits per heavy atom. The Morgan fingerprint density at radius 3 is 2.82 bits per heavy atom. The molecule has 7 heteroatoms. The topological polar surface area (TPSA) is 108 Å². The van der Waals surface area contributed by atoms with Gasteiger partial charge in [-0.15, -0.1) is 0 Å². The summed E-state index contributed by atoms with van der Waals surface area (Å²) in [5.74, 6) is 0.437. The summed E-state index contributed by atoms with van der Waals surface area (Å²) in [6.45, 7) is 0.0538. The van der Waals surface area contributed by atoms with Crippen LogP contribution in [0.5, 0.6) is 11.5 Å². The number of aliphatic hydroxyl groups is 1. The molecule has 1 atom stereocenters. The number of hydrogen-bond donors (Lipinski definition) is 2. The minimum atomic E-state index is -0.795. The average Bonchev–Trinajstić information content (AvgIpc) is 2.35. The number of benzene rings is 1. The average molecular weight is 242 g/mol. The number of aliphatic hydroxyl groups excluding tert-OH is 1. The maximum Gasteiger partial charge on any atom is 0.314 e. The largest absolute Gasteiger partial charge is 0.491 e. The highest BCUT2D eigenvalue weighted by atomic mass is 16.6. The Labute approximate surface area is 97.9 Å². The molecule has 0 fully saturated rings. The van der Waals surface area contributed by atoms with E-state index in [0.717, 1.165) is 0 Å². The van der Waals surface area contributed by atoms with Crippen LogP contribution in [0.1, 0.15) is 0 Å². The Morgan fingerprint density at radius 2 is 2.29 bits per heavy atom. The van der Waals surface area contributed by atoms with Gasteiger partial charge in [-0.1, -0.05) is 0 Å². The molecule has 0 saturated heterocycles. The number of hydrogen-bond acceptors (Lipinski definition) is 6. The quantitative estimate of drug-likeness (QED) is 0.548. The number of methoxy groups -OCH3 is 1. The monoisotopic (exact) mass is 242 g/mol. The lowest BCUT2D eigenvalue weighted by Crippen LogP contribution is -2.26. The zero-order chi connectivity index (χ0) is 12.8. The molecule has 7 nitrogen and oxygen atoms in total. The molecular formula is C10H14N2O5. The minimum absolute atomic E-state index is 0.0139. The Bertz CT molecular complexity index is 396. The molecule has 0 amide bonds. The first-order chi connectivity index (χ1) is 8.08. The third-order valence-electron chi connectivity index (χ3n) is 2.06. The van der Waals surface area contributed by atoms with Crippen molar-refractivity contribution in [2.75, 3.05) is 20.3 Å². The number of nitro groups is 1. The molecule has 94 valence electrons. The molecular weight excluding hydrogens is 228 g/mol. The molecule has 0 unspecified atom stereocenters. The predicted octanol–water partition coefficient (Wildman–Crippen LogP) is 0.302. The summed E-state index contributed by atoms with van der Waals surface area (Å²) in [7, 11) is 1.35. The van der Waals surface area contributed by atoms with Crippen molar-refractivity contribution in [2.24, 2.45) is 5.73 Å². The van der Waals surface area contributed by atoms with Gasteiger partial charge in [0.05, 0.1) is 18.1 Å². The Kier molecular flexibility index (Phi) is 4.68. The van der Waals surface area contributed by atoms with Gasteiger partial charge in [-0.2, -0.15) is 0 Å². The standard InChI is InChI=1S/C10H14N2O5/c1-16-10-3-2-8(4-9(10)12(14)15)17-6-7(13)5-11/h2-4,7,13H,5-6,11H2,1H3/t7-/m1/s1. The van der Waals surface area contributed by atoms with E-state index in [4.69, 9.17) is 15.2 Å². The first-order valence-electron chi connectivity index (χ1n) is 4.91. The fraction of sp³-hybridized carbons (Fsp3) is 0.400. The summed E-state index contributed by atoms with van der Waals surface area (Å²) in [5, 5.41) is 19.9. The molecule has 0 bridgehead atoms. The molecule has 0 aromatic heterocycles. The smallest absolute Gasteiger partial charge is 0.314 e. The number of nitrogens with zero attached hydrogens (tertiary/aromatic N) is 1. The lowest BCUT2D eigenvalue weighted by atomic mass is 10.3. The van der Waals surface area contributed by atoms with Gasteiger partial charge >= 0.3 is 5.69 Å². The SMILES string of the molecule is COc1ccc(OC[C@H](O)CN)cc1[N+](=O)[O-]. The van der Waals surface area contributed by atoms with E-state index in [-0.39, 0.29) is 30.3 Å². The van der Waals surface area contributed by atoms with Crippen molar-refractivity contribution in [3.63, 3.8) is 0 Å². The summed E-state index contributed by atoms with van der Waals surface area (Å²) < 4.78 is 10.0. The molecule has 1 rings (SSSR count). The number of nitrogens with two attached hydrogens (primary N) is 1. The molecule has 0 aliphatic heterocycles. The summed E-state index contributed by atoms with van der Waals surface area (Å²) in [5.41, 5.74) is 5.01. The minimum Gasteiger partial charge on any atom is -0.491 e. The second-order valence-corrected chi connectivity index (χ2v) is 3.29. The van der Waals surface area contributed by atoms with Gasteiger partial charge in [-0.25, -0.2) is 0 Å². The van der Waals surface area contributed by atoms with Crippen LogP contribution in [-0.4, -0.2) is 36.4 Å². The molecule has 3 N–H and O–H groups in total. The van der Waals surface area contributed by atoms with Crippen LogP contribution >= 0.6 is 0 Å². The maximum absolute atomic E-state index is 10.7. The second-order valence-electron chi connectivity index (χ2n) is 3.29. The van der Waals surface area contributed by atoms with E-state index in [1.165, 1.54) is 25.3 Å². The van der Waals surface area contributed by atoms with E-state index in [2.05, 4.69) is 0 Å². The van der Waals surface area contributed by atoms with E-state index >= 15 is 0 Å². The fourth-order valence-corrected chi connectivity index (χ4v) is 1.16. The van der Waals surface area contributed by atoms with Crippen molar-refractivity contribution in [2.45, 2.75) is 6.10 Å². The summed E-state index contributed by atoms with van der Waals surface area (Å²) in [6.07, 6.45) is -0.795. The zero-order valence-electron chi connectivity index (χ0n) is 9.33. The predicted molar refractivity (Wildman–Crippen MR) is 60.2 cm³/mol. The number of nitro benzene ring substituents is 1. The van der Waals surface area contributed by atoms with Crippen LogP contribution in [0, 0.1) is 10.1 Å². The molecule has 0 spiro atoms. The maximum atomic E-state index is 10.7. The zero-order valence-corrected chi connectivity index (χ0v) is 9.33. The van der Waals surface area contributed by atoms with Crippen LogP contribution in [0.3, 0.4) is 0 Å². The molecule has 0 saturated carbocycles. The first-order valence-corrected chi connectivity index (χ1v) is 4.91. The van der Waals surface area contributed by atoms with E-state index in [1.54, 1.807) is 0 Å². The third kappa shape index (κ3) is 3.58. The highest BCUT2D eigenvalue weighted by Gasteiger charge is 2.16. The molecule has 0 aliphatic rings. The van der Waals surface area contributed by atoms with Gasteiger partial charge in [-0.05, 0) is 12.1 Å². The molecule has 0 heterocycles. The first kappa shape index (κ1) is 13.2. The van der Waals surface area contributed by atoms with Crippen LogP contribution in [0.2, 0.25) is 0 Å². The van der Waals surface area contributed by atoms with Crippen molar-refractivity contribution in [1.82, 2.24) is 0 Å². The van der Waals surface area contributed by atoms with Gasteiger partial charge in [0, 0.05) is 6.54 Å². The van der Waals surface area contributed by atoms with E-state index in [9.17, 15) is 15.2 Å². The van der Waals surface area contributed by atoms with Gasteiger partial charge in [-0.3, -0.25) is 10.1 Å². The summed E-state index contributed by atoms with van der Waals surface area (Å²) in [6, 6.07) is 4.19. The van der Waals surface area contributed by atoms with Gasteiger partial charge in [0.15, 0.2) is 5.75 Å². The number of ether oxygens (including phenoxy) is 2. The van der Waals surface area contributed by atoms with Crippen LogP contribution in [0.25, 0.3) is 0 Å². The fourth-order valence-electron chi connectivity index (χ4n) is 1.16. The van der Waals surface area contributed by atoms with Crippen LogP contribution < -0.4 is 15.2 Å².